The van der Waals surface area contributed by atoms with Gasteiger partial charge in [0.15, 0.2) is 5.69 Å². The number of hydrogen-bond donors (Lipinski definition) is 2. The van der Waals surface area contributed by atoms with E-state index in [-0.39, 0.29) is 40.1 Å². The number of anilines is 1. The van der Waals surface area contributed by atoms with Crippen LogP contribution in [-0.4, -0.2) is 50.5 Å². The number of para-hydroxylation sites is 1. The van der Waals surface area contributed by atoms with E-state index < -0.39 is 23.5 Å². The van der Waals surface area contributed by atoms with E-state index in [1.807, 2.05) is 6.07 Å². The average molecular weight is 547 g/mol. The van der Waals surface area contributed by atoms with Crippen molar-refractivity contribution in [2.45, 2.75) is 12.8 Å². The Morgan fingerprint density at radius 3 is 2.54 bits per heavy atom. The number of hydrogen-bond acceptors (Lipinski definition) is 5. The number of piperidine rings is 1. The zero-order valence-electron chi connectivity index (χ0n) is 20.7. The van der Waals surface area contributed by atoms with Crippen molar-refractivity contribution in [3.05, 3.63) is 95.0 Å². The summed E-state index contributed by atoms with van der Waals surface area (Å²) in [6.45, 7) is 0.666. The van der Waals surface area contributed by atoms with Gasteiger partial charge in [0.1, 0.15) is 11.6 Å². The lowest BCUT2D eigenvalue weighted by Crippen LogP contribution is -2.44. The van der Waals surface area contributed by atoms with Crippen LogP contribution in [0.15, 0.2) is 72.9 Å². The van der Waals surface area contributed by atoms with Gasteiger partial charge in [-0.05, 0) is 49.2 Å². The van der Waals surface area contributed by atoms with Crippen molar-refractivity contribution in [1.82, 2.24) is 19.7 Å². The molecule has 0 unspecified atom stereocenters. The molecule has 3 amide bonds. The van der Waals surface area contributed by atoms with E-state index >= 15 is 0 Å². The third-order valence-electron chi connectivity index (χ3n) is 6.52. The van der Waals surface area contributed by atoms with Gasteiger partial charge in [0.05, 0.1) is 27.9 Å². The van der Waals surface area contributed by atoms with Gasteiger partial charge in [-0.3, -0.25) is 19.4 Å². The second kappa shape index (κ2) is 11.0. The molecule has 39 heavy (non-hydrogen) atoms. The SMILES string of the molecule is NC(=O)[C@H]1CCCN(C(=O)c2cc(NC(=O)c3cc(-c4ccccn4)c(F)cc3Cl)n(-c3ccccc3)n2)C1. The van der Waals surface area contributed by atoms with Crippen molar-refractivity contribution in [1.29, 1.82) is 0 Å². The molecule has 9 nitrogen and oxygen atoms in total. The lowest BCUT2D eigenvalue weighted by molar-refractivity contribution is -0.123. The smallest absolute Gasteiger partial charge is 0.274 e. The summed E-state index contributed by atoms with van der Waals surface area (Å²) >= 11 is 6.26. The summed E-state index contributed by atoms with van der Waals surface area (Å²) in [5, 5.41) is 7.14. The highest BCUT2D eigenvalue weighted by Crippen LogP contribution is 2.29. The molecule has 1 atom stereocenters. The predicted molar refractivity (Wildman–Crippen MR) is 144 cm³/mol. The summed E-state index contributed by atoms with van der Waals surface area (Å²) in [6.07, 6.45) is 2.79. The maximum absolute atomic E-state index is 14.7. The lowest BCUT2D eigenvalue weighted by Gasteiger charge is -2.30. The molecular weight excluding hydrogens is 523 g/mol. The molecule has 11 heteroatoms. The van der Waals surface area contributed by atoms with Crippen molar-refractivity contribution in [2.24, 2.45) is 11.7 Å². The fourth-order valence-electron chi connectivity index (χ4n) is 4.52. The Hall–Kier alpha value is -4.57. The zero-order chi connectivity index (χ0) is 27.5. The van der Waals surface area contributed by atoms with Crippen molar-refractivity contribution in [2.75, 3.05) is 18.4 Å². The molecule has 3 heterocycles. The van der Waals surface area contributed by atoms with Crippen LogP contribution in [0, 0.1) is 11.7 Å². The molecule has 198 valence electrons. The third kappa shape index (κ3) is 5.51. The number of amides is 3. The molecule has 1 aliphatic heterocycles. The van der Waals surface area contributed by atoms with Crippen molar-refractivity contribution < 1.29 is 18.8 Å². The molecule has 0 radical (unpaired) electrons. The number of halogens is 2. The Morgan fingerprint density at radius 1 is 1.05 bits per heavy atom. The van der Waals surface area contributed by atoms with Crippen LogP contribution in [0.25, 0.3) is 16.9 Å². The number of pyridine rings is 1. The van der Waals surface area contributed by atoms with Crippen LogP contribution < -0.4 is 11.1 Å². The van der Waals surface area contributed by atoms with Crippen LogP contribution >= 0.6 is 11.6 Å². The van der Waals surface area contributed by atoms with Crippen LogP contribution in [-0.2, 0) is 4.79 Å². The minimum atomic E-state index is -0.625. The number of rotatable bonds is 6. The van der Waals surface area contributed by atoms with E-state index in [9.17, 15) is 18.8 Å². The van der Waals surface area contributed by atoms with E-state index in [1.165, 1.54) is 27.9 Å². The molecule has 5 rings (SSSR count). The number of primary amides is 1. The van der Waals surface area contributed by atoms with Crippen LogP contribution in [0.1, 0.15) is 33.7 Å². The number of nitrogens with two attached hydrogens (primary N) is 1. The summed E-state index contributed by atoms with van der Waals surface area (Å²) in [7, 11) is 0. The Morgan fingerprint density at radius 2 is 1.82 bits per heavy atom. The fraction of sp³-hybridized carbons (Fsp3) is 0.179. The molecular formula is C28H24ClFN6O3. The summed E-state index contributed by atoms with van der Waals surface area (Å²) in [5.41, 5.74) is 6.63. The Labute approximate surface area is 228 Å². The first-order valence-electron chi connectivity index (χ1n) is 12.3. The maximum Gasteiger partial charge on any atom is 0.274 e. The zero-order valence-corrected chi connectivity index (χ0v) is 21.4. The van der Waals surface area contributed by atoms with E-state index in [1.54, 1.807) is 42.5 Å². The molecule has 0 bridgehead atoms. The highest BCUT2D eigenvalue weighted by molar-refractivity contribution is 6.34. The molecule has 3 N–H and O–H groups in total. The predicted octanol–water partition coefficient (Wildman–Crippen LogP) is 4.32. The highest BCUT2D eigenvalue weighted by Gasteiger charge is 2.30. The molecule has 1 saturated heterocycles. The van der Waals surface area contributed by atoms with E-state index in [2.05, 4.69) is 15.4 Å². The number of carbonyl (C=O) groups is 3. The van der Waals surface area contributed by atoms with E-state index in [4.69, 9.17) is 17.3 Å². The van der Waals surface area contributed by atoms with Crippen molar-refractivity contribution >= 4 is 35.1 Å². The number of carbonyl (C=O) groups excluding carboxylic acids is 3. The first-order valence-corrected chi connectivity index (χ1v) is 12.7. The summed E-state index contributed by atoms with van der Waals surface area (Å²) in [6, 6.07) is 17.8. The van der Waals surface area contributed by atoms with Crippen LogP contribution in [0.5, 0.6) is 0 Å². The van der Waals surface area contributed by atoms with Crippen LogP contribution in [0.3, 0.4) is 0 Å². The Bertz CT molecular complexity index is 1540. The van der Waals surface area contributed by atoms with Gasteiger partial charge in [-0.15, -0.1) is 0 Å². The molecule has 2 aromatic heterocycles. The van der Waals surface area contributed by atoms with Gasteiger partial charge in [-0.2, -0.15) is 5.10 Å². The topological polar surface area (TPSA) is 123 Å². The maximum atomic E-state index is 14.7. The standard InChI is InChI=1S/C28H24ClFN6O3/c29-21-14-22(30)20(23-10-4-5-11-32-23)13-19(21)27(38)33-25-15-24(34-36(25)18-8-2-1-3-9-18)28(39)35-12-6-7-17(16-35)26(31)37/h1-5,8-11,13-15,17H,6-7,12,16H2,(H2,31,37)(H,33,38)/t17-/m0/s1. The Balaban J connectivity index is 1.48. The van der Waals surface area contributed by atoms with Gasteiger partial charge in [0.2, 0.25) is 5.91 Å². The quantitative estimate of drug-likeness (QED) is 0.373. The van der Waals surface area contributed by atoms with Gasteiger partial charge in [0, 0.05) is 30.9 Å². The van der Waals surface area contributed by atoms with Gasteiger partial charge in [-0.1, -0.05) is 35.9 Å². The molecule has 4 aromatic rings. The van der Waals surface area contributed by atoms with Gasteiger partial charge >= 0.3 is 0 Å². The second-order valence-corrected chi connectivity index (χ2v) is 9.54. The first kappa shape index (κ1) is 26.1. The number of likely N-dealkylation sites (tertiary alicyclic amines) is 1. The minimum Gasteiger partial charge on any atom is -0.369 e. The first-order chi connectivity index (χ1) is 18.8. The molecule has 1 fully saturated rings. The number of nitrogens with one attached hydrogen (secondary N) is 1. The lowest BCUT2D eigenvalue weighted by atomic mass is 9.97. The molecule has 2 aromatic carbocycles. The molecule has 1 aliphatic rings. The summed E-state index contributed by atoms with van der Waals surface area (Å²) in [4.78, 5) is 44.1. The second-order valence-electron chi connectivity index (χ2n) is 9.14. The number of benzene rings is 2. The van der Waals surface area contributed by atoms with Crippen LogP contribution in [0.4, 0.5) is 10.2 Å². The number of aromatic nitrogens is 3. The van der Waals surface area contributed by atoms with Crippen molar-refractivity contribution in [3.63, 3.8) is 0 Å². The molecule has 0 saturated carbocycles. The Kier molecular flexibility index (Phi) is 7.38. The van der Waals surface area contributed by atoms with E-state index in [0.717, 1.165) is 6.07 Å². The highest BCUT2D eigenvalue weighted by atomic mass is 35.5. The fourth-order valence-corrected chi connectivity index (χ4v) is 4.76. The average Bonchev–Trinajstić information content (AvgIpc) is 3.37. The largest absolute Gasteiger partial charge is 0.369 e. The van der Waals surface area contributed by atoms with Gasteiger partial charge < -0.3 is 16.0 Å². The van der Waals surface area contributed by atoms with E-state index in [0.29, 0.717) is 30.8 Å². The number of nitrogens with zero attached hydrogens (tertiary/aromatic N) is 4. The summed E-state index contributed by atoms with van der Waals surface area (Å²) in [5.74, 6) is -2.29. The summed E-state index contributed by atoms with van der Waals surface area (Å²) < 4.78 is 16.1. The monoisotopic (exact) mass is 546 g/mol. The van der Waals surface area contributed by atoms with Crippen molar-refractivity contribution in [3.8, 4) is 16.9 Å². The van der Waals surface area contributed by atoms with Gasteiger partial charge in [-0.25, -0.2) is 9.07 Å². The molecule has 0 aliphatic carbocycles. The molecule has 0 spiro atoms. The normalized spacial score (nSPS) is 15.1. The minimum absolute atomic E-state index is 0.0211. The van der Waals surface area contributed by atoms with Crippen LogP contribution in [0.2, 0.25) is 5.02 Å². The van der Waals surface area contributed by atoms with Gasteiger partial charge in [0.25, 0.3) is 11.8 Å². The third-order valence-corrected chi connectivity index (χ3v) is 6.84.